The standard InChI is InChI=1S/C19H21FN2O2S2/c1-12-7-10-25-16(12)19-22(17(23)13(2)26-19)9-8-21(3)18(24)14-5-4-6-15(20)11-14/h4-7,10-11,13,19H,8-9H2,1-3H3/t13-,19+/m0/s1. The van der Waals surface area contributed by atoms with Gasteiger partial charge in [0.15, 0.2) is 0 Å². The van der Waals surface area contributed by atoms with Crippen molar-refractivity contribution < 1.29 is 14.0 Å². The SMILES string of the molecule is Cc1ccsc1[C@H]1S[C@@H](C)C(=O)N1CCN(C)C(=O)c1cccc(F)c1. The Bertz CT molecular complexity index is 823. The second-order valence-electron chi connectivity index (χ2n) is 6.37. The van der Waals surface area contributed by atoms with Crippen LogP contribution in [0.2, 0.25) is 0 Å². The van der Waals surface area contributed by atoms with E-state index in [-0.39, 0.29) is 22.4 Å². The number of amides is 2. The third kappa shape index (κ3) is 3.78. The molecule has 0 saturated carbocycles. The van der Waals surface area contributed by atoms with Crippen LogP contribution in [0, 0.1) is 12.7 Å². The number of benzene rings is 1. The molecule has 1 aromatic carbocycles. The summed E-state index contributed by atoms with van der Waals surface area (Å²) in [6, 6.07) is 7.72. The van der Waals surface area contributed by atoms with E-state index in [1.165, 1.54) is 33.5 Å². The molecule has 0 radical (unpaired) electrons. The zero-order chi connectivity index (χ0) is 18.8. The van der Waals surface area contributed by atoms with Gasteiger partial charge in [-0.25, -0.2) is 4.39 Å². The molecule has 138 valence electrons. The number of carbonyl (C=O) groups excluding carboxylic acids is 2. The predicted octanol–water partition coefficient (Wildman–Crippen LogP) is 3.93. The van der Waals surface area contributed by atoms with E-state index in [1.54, 1.807) is 36.2 Å². The normalized spacial score (nSPS) is 19.8. The molecule has 2 amide bonds. The summed E-state index contributed by atoms with van der Waals surface area (Å²) >= 11 is 3.30. The minimum Gasteiger partial charge on any atom is -0.340 e. The monoisotopic (exact) mass is 392 g/mol. The average Bonchev–Trinajstić information content (AvgIpc) is 3.16. The van der Waals surface area contributed by atoms with E-state index in [0.29, 0.717) is 18.7 Å². The first-order chi connectivity index (χ1) is 12.4. The highest BCUT2D eigenvalue weighted by atomic mass is 32.2. The Morgan fingerprint density at radius 2 is 2.12 bits per heavy atom. The first-order valence-electron chi connectivity index (χ1n) is 8.39. The van der Waals surface area contributed by atoms with Crippen LogP contribution >= 0.6 is 23.1 Å². The van der Waals surface area contributed by atoms with Crippen molar-refractivity contribution in [1.82, 2.24) is 9.80 Å². The third-order valence-corrected chi connectivity index (χ3v) is 7.05. The first kappa shape index (κ1) is 18.9. The number of hydrogen-bond donors (Lipinski definition) is 0. The van der Waals surface area contributed by atoms with Gasteiger partial charge in [0.2, 0.25) is 5.91 Å². The van der Waals surface area contributed by atoms with Gasteiger partial charge in [0.1, 0.15) is 11.2 Å². The molecule has 4 nitrogen and oxygen atoms in total. The molecule has 1 fully saturated rings. The van der Waals surface area contributed by atoms with Crippen LogP contribution in [0.25, 0.3) is 0 Å². The Kier molecular flexibility index (Phi) is 5.67. The van der Waals surface area contributed by atoms with Gasteiger partial charge >= 0.3 is 0 Å². The number of hydrogen-bond acceptors (Lipinski definition) is 4. The Morgan fingerprint density at radius 3 is 2.77 bits per heavy atom. The second-order valence-corrected chi connectivity index (χ2v) is 8.74. The summed E-state index contributed by atoms with van der Waals surface area (Å²) in [6.45, 7) is 4.83. The molecule has 7 heteroatoms. The highest BCUT2D eigenvalue weighted by Gasteiger charge is 2.39. The summed E-state index contributed by atoms with van der Waals surface area (Å²) < 4.78 is 13.3. The number of thioether (sulfide) groups is 1. The van der Waals surface area contributed by atoms with Crippen LogP contribution in [0.15, 0.2) is 35.7 Å². The molecule has 0 spiro atoms. The summed E-state index contributed by atoms with van der Waals surface area (Å²) in [5.74, 6) is -0.586. The summed E-state index contributed by atoms with van der Waals surface area (Å²) in [5, 5.41) is 1.94. The van der Waals surface area contributed by atoms with Crippen LogP contribution in [0.3, 0.4) is 0 Å². The minimum absolute atomic E-state index is 0.00447. The van der Waals surface area contributed by atoms with E-state index >= 15 is 0 Å². The summed E-state index contributed by atoms with van der Waals surface area (Å²) in [7, 11) is 1.68. The summed E-state index contributed by atoms with van der Waals surface area (Å²) in [6.07, 6.45) is 0. The fraction of sp³-hybridized carbons (Fsp3) is 0.368. The van der Waals surface area contributed by atoms with E-state index in [4.69, 9.17) is 0 Å². The maximum atomic E-state index is 13.3. The van der Waals surface area contributed by atoms with Crippen molar-refractivity contribution >= 4 is 34.9 Å². The third-order valence-electron chi connectivity index (χ3n) is 4.47. The van der Waals surface area contributed by atoms with Crippen molar-refractivity contribution in [3.05, 3.63) is 57.5 Å². The topological polar surface area (TPSA) is 40.6 Å². The molecule has 2 heterocycles. The van der Waals surface area contributed by atoms with Crippen molar-refractivity contribution in [2.45, 2.75) is 24.5 Å². The van der Waals surface area contributed by atoms with Gasteiger partial charge in [0, 0.05) is 30.6 Å². The highest BCUT2D eigenvalue weighted by molar-refractivity contribution is 8.01. The number of likely N-dealkylation sites (N-methyl/N-ethyl adjacent to an activating group) is 1. The number of nitrogens with zero attached hydrogens (tertiary/aromatic N) is 2. The number of aryl methyl sites for hydroxylation is 1. The van der Waals surface area contributed by atoms with Gasteiger partial charge in [0.05, 0.1) is 5.25 Å². The van der Waals surface area contributed by atoms with Crippen molar-refractivity contribution in [3.63, 3.8) is 0 Å². The lowest BCUT2D eigenvalue weighted by molar-refractivity contribution is -0.129. The van der Waals surface area contributed by atoms with Gasteiger partial charge < -0.3 is 9.80 Å². The second kappa shape index (κ2) is 7.80. The average molecular weight is 393 g/mol. The van der Waals surface area contributed by atoms with E-state index in [9.17, 15) is 14.0 Å². The van der Waals surface area contributed by atoms with Gasteiger partial charge in [-0.05, 0) is 49.1 Å². The molecule has 26 heavy (non-hydrogen) atoms. The molecule has 0 bridgehead atoms. The van der Waals surface area contributed by atoms with E-state index in [2.05, 4.69) is 13.0 Å². The van der Waals surface area contributed by atoms with Crippen LogP contribution in [0.5, 0.6) is 0 Å². The van der Waals surface area contributed by atoms with E-state index in [0.717, 1.165) is 0 Å². The molecule has 3 rings (SSSR count). The Morgan fingerprint density at radius 1 is 1.35 bits per heavy atom. The summed E-state index contributed by atoms with van der Waals surface area (Å²) in [4.78, 5) is 29.6. The zero-order valence-corrected chi connectivity index (χ0v) is 16.6. The van der Waals surface area contributed by atoms with Gasteiger partial charge in [-0.3, -0.25) is 9.59 Å². The molecule has 2 atom stereocenters. The number of thiophene rings is 1. The molecular formula is C19H21FN2O2S2. The maximum Gasteiger partial charge on any atom is 0.253 e. The molecule has 1 aliphatic rings. The zero-order valence-electron chi connectivity index (χ0n) is 14.9. The smallest absolute Gasteiger partial charge is 0.253 e. The van der Waals surface area contributed by atoms with Crippen LogP contribution in [0.1, 0.15) is 33.1 Å². The maximum absolute atomic E-state index is 13.3. The lowest BCUT2D eigenvalue weighted by atomic mass is 10.2. The Balaban J connectivity index is 1.69. The minimum atomic E-state index is -0.433. The fourth-order valence-corrected chi connectivity index (χ4v) is 5.50. The van der Waals surface area contributed by atoms with Crippen LogP contribution < -0.4 is 0 Å². The molecule has 1 aromatic heterocycles. The predicted molar refractivity (Wildman–Crippen MR) is 104 cm³/mol. The lowest BCUT2D eigenvalue weighted by Gasteiger charge is -2.26. The molecule has 1 aliphatic heterocycles. The van der Waals surface area contributed by atoms with Crippen molar-refractivity contribution in [2.24, 2.45) is 0 Å². The highest BCUT2D eigenvalue weighted by Crippen LogP contribution is 2.45. The molecule has 0 N–H and O–H groups in total. The number of rotatable bonds is 5. The Labute approximate surface area is 161 Å². The van der Waals surface area contributed by atoms with Crippen molar-refractivity contribution in [2.75, 3.05) is 20.1 Å². The Hall–Kier alpha value is -1.86. The number of halogens is 1. The first-order valence-corrected chi connectivity index (χ1v) is 10.2. The molecule has 0 unspecified atom stereocenters. The lowest BCUT2D eigenvalue weighted by Crippen LogP contribution is -2.39. The largest absolute Gasteiger partial charge is 0.340 e. The van der Waals surface area contributed by atoms with Crippen molar-refractivity contribution in [3.8, 4) is 0 Å². The summed E-state index contributed by atoms with van der Waals surface area (Å²) in [5.41, 5.74) is 1.50. The molecular weight excluding hydrogens is 371 g/mol. The van der Waals surface area contributed by atoms with Gasteiger partial charge in [-0.15, -0.1) is 23.1 Å². The van der Waals surface area contributed by atoms with Gasteiger partial charge in [0.25, 0.3) is 5.91 Å². The van der Waals surface area contributed by atoms with Crippen LogP contribution in [0.4, 0.5) is 4.39 Å². The fourth-order valence-electron chi connectivity index (χ4n) is 2.94. The quantitative estimate of drug-likeness (QED) is 0.774. The van der Waals surface area contributed by atoms with Crippen LogP contribution in [-0.4, -0.2) is 47.0 Å². The molecule has 2 aromatic rings. The van der Waals surface area contributed by atoms with Gasteiger partial charge in [-0.2, -0.15) is 0 Å². The molecule has 1 saturated heterocycles. The molecule has 0 aliphatic carbocycles. The van der Waals surface area contributed by atoms with Gasteiger partial charge in [-0.1, -0.05) is 6.07 Å². The van der Waals surface area contributed by atoms with Crippen LogP contribution in [-0.2, 0) is 4.79 Å². The van der Waals surface area contributed by atoms with Crippen molar-refractivity contribution in [1.29, 1.82) is 0 Å². The number of carbonyl (C=O) groups is 2. The van der Waals surface area contributed by atoms with E-state index < -0.39 is 5.82 Å². The van der Waals surface area contributed by atoms with E-state index in [1.807, 2.05) is 17.2 Å².